The van der Waals surface area contributed by atoms with E-state index in [4.69, 9.17) is 9.84 Å². The SMILES string of the molecule is C[C@H](NC(=O)OC(C)(C)C)C(=O)Nc1ccc(-c2ncc(C(=O)O)c(O)n2)cc1. The first kappa shape index (κ1) is 21.6. The fourth-order valence-electron chi connectivity index (χ4n) is 2.17. The molecule has 1 aromatic heterocycles. The molecule has 4 N–H and O–H groups in total. The second kappa shape index (κ2) is 8.55. The first-order valence-corrected chi connectivity index (χ1v) is 8.66. The number of carboxylic acids is 1. The molecule has 10 nitrogen and oxygen atoms in total. The van der Waals surface area contributed by atoms with Gasteiger partial charge < -0.3 is 25.6 Å². The van der Waals surface area contributed by atoms with Crippen LogP contribution in [-0.2, 0) is 9.53 Å². The Balaban J connectivity index is 2.01. The standard InChI is InChI=1S/C19H22N4O6/c1-10(21-18(28)29-19(2,3)4)15(24)22-12-7-5-11(6-8-12)14-20-9-13(17(26)27)16(25)23-14/h5-10H,1-4H3,(H,21,28)(H,22,24)(H,26,27)(H,20,23,25)/t10-/m0/s1. The number of carbonyl (C=O) groups is 3. The maximum atomic E-state index is 12.2. The van der Waals surface area contributed by atoms with Crippen molar-refractivity contribution < 1.29 is 29.3 Å². The Kier molecular flexibility index (Phi) is 6.37. The minimum absolute atomic E-state index is 0.130. The van der Waals surface area contributed by atoms with Crippen molar-refractivity contribution in [2.24, 2.45) is 0 Å². The number of alkyl carbamates (subject to hydrolysis) is 1. The Bertz CT molecular complexity index is 921. The summed E-state index contributed by atoms with van der Waals surface area (Å²) in [5, 5.41) is 23.6. The fraction of sp³-hybridized carbons (Fsp3) is 0.316. The fourth-order valence-corrected chi connectivity index (χ4v) is 2.17. The molecule has 0 aliphatic heterocycles. The second-order valence-electron chi connectivity index (χ2n) is 7.17. The summed E-state index contributed by atoms with van der Waals surface area (Å²) in [5.41, 5.74) is -0.0998. The predicted molar refractivity (Wildman–Crippen MR) is 104 cm³/mol. The topological polar surface area (TPSA) is 151 Å². The van der Waals surface area contributed by atoms with Crippen molar-refractivity contribution in [3.8, 4) is 17.3 Å². The van der Waals surface area contributed by atoms with E-state index in [-0.39, 0.29) is 5.82 Å². The Morgan fingerprint density at radius 2 is 1.76 bits per heavy atom. The molecule has 0 radical (unpaired) electrons. The van der Waals surface area contributed by atoms with Crippen LogP contribution in [0.4, 0.5) is 10.5 Å². The molecule has 0 unspecified atom stereocenters. The summed E-state index contributed by atoms with van der Waals surface area (Å²) in [6.45, 7) is 6.68. The maximum Gasteiger partial charge on any atom is 0.408 e. The average molecular weight is 402 g/mol. The lowest BCUT2D eigenvalue weighted by molar-refractivity contribution is -0.117. The van der Waals surface area contributed by atoms with Crippen molar-refractivity contribution in [1.29, 1.82) is 0 Å². The number of hydrogen-bond acceptors (Lipinski definition) is 7. The van der Waals surface area contributed by atoms with E-state index in [1.54, 1.807) is 45.0 Å². The van der Waals surface area contributed by atoms with Gasteiger partial charge in [-0.15, -0.1) is 0 Å². The number of anilines is 1. The highest BCUT2D eigenvalue weighted by Gasteiger charge is 2.21. The second-order valence-corrected chi connectivity index (χ2v) is 7.17. The zero-order valence-electron chi connectivity index (χ0n) is 16.4. The van der Waals surface area contributed by atoms with E-state index >= 15 is 0 Å². The number of aromatic nitrogens is 2. The van der Waals surface area contributed by atoms with Crippen molar-refractivity contribution in [2.75, 3.05) is 5.32 Å². The summed E-state index contributed by atoms with van der Waals surface area (Å²) in [6, 6.07) is 5.53. The van der Waals surface area contributed by atoms with Gasteiger partial charge in [-0.05, 0) is 52.0 Å². The number of amides is 2. The van der Waals surface area contributed by atoms with Gasteiger partial charge in [0.2, 0.25) is 11.8 Å². The number of hydrogen-bond donors (Lipinski definition) is 4. The number of rotatable bonds is 5. The quantitative estimate of drug-likeness (QED) is 0.595. The number of benzene rings is 1. The van der Waals surface area contributed by atoms with Crippen LogP contribution in [0, 0.1) is 0 Å². The van der Waals surface area contributed by atoms with Gasteiger partial charge in [-0.3, -0.25) is 4.79 Å². The van der Waals surface area contributed by atoms with Crippen LogP contribution in [-0.4, -0.2) is 49.8 Å². The smallest absolute Gasteiger partial charge is 0.408 e. The third kappa shape index (κ3) is 6.16. The first-order valence-electron chi connectivity index (χ1n) is 8.66. The third-order valence-electron chi connectivity index (χ3n) is 3.54. The van der Waals surface area contributed by atoms with Gasteiger partial charge in [-0.2, -0.15) is 4.98 Å². The molecule has 1 heterocycles. The summed E-state index contributed by atoms with van der Waals surface area (Å²) in [6.07, 6.45) is 0.317. The van der Waals surface area contributed by atoms with Gasteiger partial charge in [0, 0.05) is 17.4 Å². The van der Waals surface area contributed by atoms with Gasteiger partial charge in [-0.25, -0.2) is 14.6 Å². The molecule has 0 aliphatic carbocycles. The van der Waals surface area contributed by atoms with Crippen LogP contribution in [0.2, 0.25) is 0 Å². The molecule has 29 heavy (non-hydrogen) atoms. The highest BCUT2D eigenvalue weighted by molar-refractivity contribution is 5.96. The number of aromatic hydroxyl groups is 1. The van der Waals surface area contributed by atoms with Crippen molar-refractivity contribution in [3.05, 3.63) is 36.0 Å². The summed E-state index contributed by atoms with van der Waals surface area (Å²) < 4.78 is 5.11. The van der Waals surface area contributed by atoms with Crippen LogP contribution >= 0.6 is 0 Å². The molecule has 0 bridgehead atoms. The van der Waals surface area contributed by atoms with Crippen LogP contribution < -0.4 is 10.6 Å². The van der Waals surface area contributed by atoms with Crippen molar-refractivity contribution in [3.63, 3.8) is 0 Å². The van der Waals surface area contributed by atoms with Gasteiger partial charge in [0.1, 0.15) is 17.2 Å². The molecule has 0 spiro atoms. The van der Waals surface area contributed by atoms with E-state index in [9.17, 15) is 19.5 Å². The lowest BCUT2D eigenvalue weighted by atomic mass is 10.2. The molecule has 154 valence electrons. The van der Waals surface area contributed by atoms with E-state index in [0.717, 1.165) is 6.20 Å². The largest absolute Gasteiger partial charge is 0.493 e. The number of aromatic carboxylic acids is 1. The van der Waals surface area contributed by atoms with Gasteiger partial charge in [-0.1, -0.05) is 0 Å². The number of ether oxygens (including phenoxy) is 1. The highest BCUT2D eigenvalue weighted by atomic mass is 16.6. The monoisotopic (exact) mass is 402 g/mol. The summed E-state index contributed by atoms with van der Waals surface area (Å²) in [7, 11) is 0. The lowest BCUT2D eigenvalue weighted by Crippen LogP contribution is -2.43. The zero-order chi connectivity index (χ0) is 21.8. The van der Waals surface area contributed by atoms with Crippen LogP contribution in [0.15, 0.2) is 30.5 Å². The highest BCUT2D eigenvalue weighted by Crippen LogP contribution is 2.21. The van der Waals surface area contributed by atoms with Crippen molar-refractivity contribution >= 4 is 23.7 Å². The molecular formula is C19H22N4O6. The summed E-state index contributed by atoms with van der Waals surface area (Å²) in [4.78, 5) is 42.5. The third-order valence-corrected chi connectivity index (χ3v) is 3.54. The number of nitrogens with zero attached hydrogens (tertiary/aromatic N) is 2. The minimum atomic E-state index is -1.33. The van der Waals surface area contributed by atoms with Gasteiger partial charge in [0.05, 0.1) is 0 Å². The molecule has 2 amide bonds. The Morgan fingerprint density at radius 3 is 2.28 bits per heavy atom. The molecule has 1 aromatic carbocycles. The Labute approximate surface area is 166 Å². The Morgan fingerprint density at radius 1 is 1.14 bits per heavy atom. The van der Waals surface area contributed by atoms with Crippen LogP contribution in [0.1, 0.15) is 38.1 Å². The molecule has 2 rings (SSSR count). The summed E-state index contributed by atoms with van der Waals surface area (Å²) >= 11 is 0. The lowest BCUT2D eigenvalue weighted by Gasteiger charge is -2.21. The number of nitrogens with one attached hydrogen (secondary N) is 2. The molecule has 0 saturated heterocycles. The van der Waals surface area contributed by atoms with E-state index < -0.39 is 41.1 Å². The molecule has 0 aliphatic rings. The molecule has 0 saturated carbocycles. The van der Waals surface area contributed by atoms with Gasteiger partial charge in [0.15, 0.2) is 5.82 Å². The van der Waals surface area contributed by atoms with Crippen molar-refractivity contribution in [2.45, 2.75) is 39.3 Å². The van der Waals surface area contributed by atoms with E-state index in [1.807, 2.05) is 0 Å². The molecule has 2 aromatic rings. The van der Waals surface area contributed by atoms with E-state index in [1.165, 1.54) is 6.92 Å². The molecule has 0 fully saturated rings. The van der Waals surface area contributed by atoms with E-state index in [2.05, 4.69) is 20.6 Å². The molecule has 10 heteroatoms. The van der Waals surface area contributed by atoms with E-state index in [0.29, 0.717) is 11.3 Å². The van der Waals surface area contributed by atoms with Crippen LogP contribution in [0.5, 0.6) is 5.88 Å². The predicted octanol–water partition coefficient (Wildman–Crippen LogP) is 2.40. The van der Waals surface area contributed by atoms with Crippen LogP contribution in [0.25, 0.3) is 11.4 Å². The summed E-state index contributed by atoms with van der Waals surface area (Å²) in [5.74, 6) is -2.28. The van der Waals surface area contributed by atoms with Crippen LogP contribution in [0.3, 0.4) is 0 Å². The zero-order valence-corrected chi connectivity index (χ0v) is 16.4. The van der Waals surface area contributed by atoms with Gasteiger partial charge in [0.25, 0.3) is 0 Å². The number of carbonyl (C=O) groups excluding carboxylic acids is 2. The minimum Gasteiger partial charge on any atom is -0.493 e. The number of carboxylic acid groups (broad SMARTS) is 1. The molecular weight excluding hydrogens is 380 g/mol. The maximum absolute atomic E-state index is 12.2. The first-order chi connectivity index (χ1) is 13.5. The van der Waals surface area contributed by atoms with Crippen molar-refractivity contribution in [1.82, 2.24) is 15.3 Å². The van der Waals surface area contributed by atoms with Gasteiger partial charge >= 0.3 is 12.1 Å². The Hall–Kier alpha value is -3.69. The normalized spacial score (nSPS) is 12.0. The molecule has 1 atom stereocenters. The average Bonchev–Trinajstić information content (AvgIpc) is 2.60.